The normalized spacial score (nSPS) is 11.4. The second kappa shape index (κ2) is 20.5. The number of nitrogens with zero attached hydrogens (tertiary/aromatic N) is 4. The first-order valence-corrected chi connectivity index (χ1v) is 23.0. The number of benzene rings is 8. The standard InChI is InChI=1S/C20H15PS2.2C15H8F3N2.Ir.H2O/c22-21(23,19-13-5-9-15-7-1-3-11-17(15)19)20-14-6-10-16-8-2-4-12-18(16)20;2*16-15(17,18)11-7-5-10(6-8-11)14-12-3-1-2-4-13(12)19-9-20-14;;/h1-14H,(H,22,23);2*1-5,7-9H;;1H2/q;2*-1;+3;/p-1. The van der Waals surface area contributed by atoms with Gasteiger partial charge in [-0.05, 0) is 77.6 Å². The van der Waals surface area contributed by atoms with Crippen LogP contribution in [-0.4, -0.2) is 25.4 Å². The van der Waals surface area contributed by atoms with Crippen molar-refractivity contribution in [2.24, 2.45) is 0 Å². The zero-order valence-electron chi connectivity index (χ0n) is 33.5. The van der Waals surface area contributed by atoms with E-state index in [1.807, 2.05) is 48.5 Å². The Morgan fingerprint density at radius 1 is 0.446 bits per heavy atom. The summed E-state index contributed by atoms with van der Waals surface area (Å²) in [5, 5.41) is 6.30. The summed E-state index contributed by atoms with van der Waals surface area (Å²) >= 11 is 12.1. The Kier molecular flexibility index (Phi) is 15.4. The minimum absolute atomic E-state index is 0. The molecule has 65 heavy (non-hydrogen) atoms. The van der Waals surface area contributed by atoms with Gasteiger partial charge >= 0.3 is 32.5 Å². The van der Waals surface area contributed by atoms with Gasteiger partial charge in [-0.2, -0.15) is 26.3 Å². The van der Waals surface area contributed by atoms with Crippen LogP contribution >= 0.6 is 5.24 Å². The van der Waals surface area contributed by atoms with E-state index in [2.05, 4.69) is 117 Å². The van der Waals surface area contributed by atoms with E-state index in [0.717, 1.165) is 56.7 Å². The van der Waals surface area contributed by atoms with Crippen LogP contribution < -0.4 is 10.6 Å². The summed E-state index contributed by atoms with van der Waals surface area (Å²) in [6.45, 7) is 0. The molecule has 2 N–H and O–H groups in total. The van der Waals surface area contributed by atoms with Crippen LogP contribution in [0, 0.1) is 12.1 Å². The van der Waals surface area contributed by atoms with Crippen molar-refractivity contribution in [1.29, 1.82) is 0 Å². The van der Waals surface area contributed by atoms with Crippen molar-refractivity contribution in [2.45, 2.75) is 12.4 Å². The first kappa shape index (κ1) is 48.6. The molecule has 2 heterocycles. The minimum Gasteiger partial charge on any atom is -0.738 e. The molecule has 0 unspecified atom stereocenters. The van der Waals surface area contributed by atoms with Crippen molar-refractivity contribution in [3.63, 3.8) is 0 Å². The number of aromatic nitrogens is 4. The maximum absolute atomic E-state index is 12.5. The van der Waals surface area contributed by atoms with E-state index in [1.54, 1.807) is 0 Å². The topological polar surface area (TPSA) is 83.1 Å². The number of para-hydroxylation sites is 2. The smallest absolute Gasteiger partial charge is 0.738 e. The first-order chi connectivity index (χ1) is 30.3. The molecule has 0 bridgehead atoms. The molecule has 0 amide bonds. The molecule has 0 aliphatic rings. The average Bonchev–Trinajstić information content (AvgIpc) is 3.30. The molecule has 5 nitrogen and oxygen atoms in total. The summed E-state index contributed by atoms with van der Waals surface area (Å²) in [5.41, 5.74) is 2.21. The van der Waals surface area contributed by atoms with Gasteiger partial charge < -0.3 is 17.7 Å². The number of alkyl halides is 6. The summed E-state index contributed by atoms with van der Waals surface area (Å²) in [7, 11) is 0. The van der Waals surface area contributed by atoms with E-state index in [0.29, 0.717) is 22.5 Å². The molecule has 0 radical (unpaired) electrons. The third kappa shape index (κ3) is 10.8. The summed E-state index contributed by atoms with van der Waals surface area (Å²) in [6.07, 6.45) is -5.93. The van der Waals surface area contributed by atoms with Crippen LogP contribution in [0.5, 0.6) is 0 Å². The zero-order valence-corrected chi connectivity index (χ0v) is 38.4. The number of halogens is 6. The molecule has 0 spiro atoms. The van der Waals surface area contributed by atoms with Crippen molar-refractivity contribution >= 4 is 83.3 Å². The second-order valence-corrected chi connectivity index (χ2v) is 20.1. The monoisotopic (exact) mass is 1110 g/mol. The number of fused-ring (bicyclic) bond motifs is 4. The Hall–Kier alpha value is -5.85. The molecular weight excluding hydrogens is 1070 g/mol. The molecular formula is C50H32F6IrN4OPS2. The summed E-state index contributed by atoms with van der Waals surface area (Å²) in [5.74, 6) is 0. The predicted molar refractivity (Wildman–Crippen MR) is 250 cm³/mol. The fourth-order valence-electron chi connectivity index (χ4n) is 7.00. The van der Waals surface area contributed by atoms with Gasteiger partial charge in [0.1, 0.15) is 12.7 Å². The Bertz CT molecular complexity index is 3050. The van der Waals surface area contributed by atoms with Crippen molar-refractivity contribution < 1.29 is 51.9 Å². The van der Waals surface area contributed by atoms with Crippen LogP contribution in [-0.2, 0) is 56.5 Å². The molecule has 10 rings (SSSR count). The van der Waals surface area contributed by atoms with E-state index < -0.39 is 28.7 Å². The largest absolute Gasteiger partial charge is 3.00 e. The fourth-order valence-corrected chi connectivity index (χ4v) is 10.8. The number of rotatable bonds is 4. The molecule has 2 aromatic heterocycles. The summed E-state index contributed by atoms with van der Waals surface area (Å²) in [6, 6.07) is 55.9. The van der Waals surface area contributed by atoms with Crippen LogP contribution in [0.25, 0.3) is 65.9 Å². The van der Waals surface area contributed by atoms with Gasteiger partial charge in [0.15, 0.2) is 0 Å². The maximum Gasteiger partial charge on any atom is 3.00 e. The quantitative estimate of drug-likeness (QED) is 0.0756. The Labute approximate surface area is 393 Å². The maximum atomic E-state index is 12.5. The molecule has 8 aromatic carbocycles. The molecule has 15 heteroatoms. The molecule has 10 aromatic rings. The molecule has 0 atom stereocenters. The fraction of sp³-hybridized carbons (Fsp3) is 0.0400. The molecule has 0 aliphatic carbocycles. The Morgan fingerprint density at radius 3 is 1.17 bits per heavy atom. The van der Waals surface area contributed by atoms with E-state index in [4.69, 9.17) is 24.1 Å². The first-order valence-electron chi connectivity index (χ1n) is 19.1. The minimum atomic E-state index is -4.36. The van der Waals surface area contributed by atoms with Crippen molar-refractivity contribution in [3.8, 4) is 22.5 Å². The van der Waals surface area contributed by atoms with Crippen molar-refractivity contribution in [1.82, 2.24) is 19.9 Å². The van der Waals surface area contributed by atoms with Crippen LogP contribution in [0.4, 0.5) is 26.3 Å². The third-order valence-corrected chi connectivity index (χ3v) is 14.5. The predicted octanol–water partition coefficient (Wildman–Crippen LogP) is 12.3. The van der Waals surface area contributed by atoms with Crippen LogP contribution in [0.1, 0.15) is 11.1 Å². The molecule has 0 saturated heterocycles. The molecule has 0 aliphatic heterocycles. The van der Waals surface area contributed by atoms with E-state index in [-0.39, 0.29) is 25.6 Å². The van der Waals surface area contributed by atoms with Crippen LogP contribution in [0.2, 0.25) is 0 Å². The van der Waals surface area contributed by atoms with Gasteiger partial charge in [-0.25, -0.2) is 9.97 Å². The van der Waals surface area contributed by atoms with E-state index >= 15 is 0 Å². The summed E-state index contributed by atoms with van der Waals surface area (Å²) in [4.78, 5) is 16.5. The number of hydrogen-bond acceptors (Lipinski definition) is 6. The Balaban J connectivity index is 0.000000160. The molecule has 0 saturated carbocycles. The van der Waals surface area contributed by atoms with Gasteiger partial charge in [0.2, 0.25) is 0 Å². The Morgan fingerprint density at radius 2 is 0.800 bits per heavy atom. The average molecular weight is 1110 g/mol. The number of hydrogen-bond donors (Lipinski definition) is 0. The van der Waals surface area contributed by atoms with Gasteiger partial charge in [0.05, 0.1) is 11.0 Å². The summed E-state index contributed by atoms with van der Waals surface area (Å²) < 4.78 is 75.2. The molecule has 326 valence electrons. The SMILES string of the molecule is FC(F)(F)c1c[c-]c(-c2ncnc3ccccc23)cc1.FC(F)(F)c1c[c-]c(-c2ncnc3ccccc23)cc1.O.S=P([S-])(c1cccc2ccccc12)c1cccc2ccccc12.[Ir+3]. The molecule has 0 fully saturated rings. The van der Waals surface area contributed by atoms with Crippen LogP contribution in [0.3, 0.4) is 0 Å². The van der Waals surface area contributed by atoms with Gasteiger partial charge in [-0.3, -0.25) is 9.97 Å². The van der Waals surface area contributed by atoms with Gasteiger partial charge in [-0.15, -0.1) is 76.7 Å². The van der Waals surface area contributed by atoms with E-state index in [9.17, 15) is 26.3 Å². The van der Waals surface area contributed by atoms with Gasteiger partial charge in [0.25, 0.3) is 0 Å². The van der Waals surface area contributed by atoms with Crippen molar-refractivity contribution in [3.05, 3.63) is 206 Å². The van der Waals surface area contributed by atoms with E-state index in [1.165, 1.54) is 46.3 Å². The van der Waals surface area contributed by atoms with Crippen molar-refractivity contribution in [2.75, 3.05) is 0 Å². The van der Waals surface area contributed by atoms with Crippen LogP contribution in [0.15, 0.2) is 183 Å². The third-order valence-electron chi connectivity index (χ3n) is 10.0. The van der Waals surface area contributed by atoms with Gasteiger partial charge in [-0.1, -0.05) is 121 Å². The zero-order chi connectivity index (χ0) is 44.2. The second-order valence-electron chi connectivity index (χ2n) is 14.0. The van der Waals surface area contributed by atoms with Gasteiger partial charge in [0, 0.05) is 0 Å².